The lowest BCUT2D eigenvalue weighted by atomic mass is 10.3. The monoisotopic (exact) mass is 425 g/mol. The molecule has 0 aromatic heterocycles. The number of hydrogen-bond acceptors (Lipinski definition) is 2. The van der Waals surface area contributed by atoms with E-state index < -0.39 is 26.6 Å². The molecule has 20 heavy (non-hydrogen) atoms. The minimum atomic E-state index is -4.07. The number of nitrogens with one attached hydrogen (secondary N) is 1. The quantitative estimate of drug-likeness (QED) is 0.795. The summed E-state index contributed by atoms with van der Waals surface area (Å²) in [5, 5.41) is 0. The van der Waals surface area contributed by atoms with E-state index in [0.29, 0.717) is 10.5 Å². The van der Waals surface area contributed by atoms with Crippen molar-refractivity contribution in [3.8, 4) is 0 Å². The molecule has 0 atom stereocenters. The fraction of sp³-hybridized carbons (Fsp3) is 0. The Morgan fingerprint density at radius 1 is 0.950 bits per heavy atom. The molecule has 0 fully saturated rings. The van der Waals surface area contributed by atoms with Gasteiger partial charge in [0.2, 0.25) is 0 Å². The Bertz CT molecular complexity index is 746. The van der Waals surface area contributed by atoms with Crippen LogP contribution in [0.25, 0.3) is 0 Å². The van der Waals surface area contributed by atoms with Crippen LogP contribution in [0.4, 0.5) is 14.5 Å². The van der Waals surface area contributed by atoms with E-state index >= 15 is 0 Å². The van der Waals surface area contributed by atoms with Crippen LogP contribution in [-0.4, -0.2) is 8.42 Å². The van der Waals surface area contributed by atoms with Gasteiger partial charge < -0.3 is 0 Å². The standard InChI is InChI=1S/C12H7Br2F2NO2S/c13-7-1-2-12(11(14)3-7)17-20(18,19)10-5-8(15)4-9(16)6-10/h1-6,17H. The van der Waals surface area contributed by atoms with Crippen LogP contribution in [0.1, 0.15) is 0 Å². The zero-order valence-corrected chi connectivity index (χ0v) is 13.7. The van der Waals surface area contributed by atoms with Crippen LogP contribution in [0.2, 0.25) is 0 Å². The lowest BCUT2D eigenvalue weighted by Gasteiger charge is -2.10. The maximum atomic E-state index is 13.1. The van der Waals surface area contributed by atoms with Gasteiger partial charge in [0.1, 0.15) is 11.6 Å². The van der Waals surface area contributed by atoms with E-state index in [9.17, 15) is 17.2 Å². The highest BCUT2D eigenvalue weighted by atomic mass is 79.9. The Hall–Kier alpha value is -0.990. The molecule has 0 heterocycles. The maximum Gasteiger partial charge on any atom is 0.262 e. The molecule has 0 aliphatic carbocycles. The highest BCUT2D eigenvalue weighted by molar-refractivity contribution is 9.11. The third-order valence-corrected chi connectivity index (χ3v) is 4.82. The van der Waals surface area contributed by atoms with Crippen molar-refractivity contribution in [2.45, 2.75) is 4.90 Å². The molecular formula is C12H7Br2F2NO2S. The van der Waals surface area contributed by atoms with Gasteiger partial charge in [-0.15, -0.1) is 0 Å². The molecule has 2 aromatic rings. The smallest absolute Gasteiger partial charge is 0.262 e. The van der Waals surface area contributed by atoms with Crippen LogP contribution < -0.4 is 4.72 Å². The third-order valence-electron chi connectivity index (χ3n) is 2.32. The van der Waals surface area contributed by atoms with Crippen LogP contribution in [0.3, 0.4) is 0 Å². The Morgan fingerprint density at radius 2 is 1.55 bits per heavy atom. The van der Waals surface area contributed by atoms with Crippen LogP contribution in [0, 0.1) is 11.6 Å². The Morgan fingerprint density at radius 3 is 2.10 bits per heavy atom. The van der Waals surface area contributed by atoms with Crippen molar-refractivity contribution in [1.29, 1.82) is 0 Å². The highest BCUT2D eigenvalue weighted by Crippen LogP contribution is 2.28. The van der Waals surface area contributed by atoms with Gasteiger partial charge in [0, 0.05) is 15.0 Å². The molecule has 2 rings (SSSR count). The van der Waals surface area contributed by atoms with Crippen molar-refractivity contribution in [3.63, 3.8) is 0 Å². The van der Waals surface area contributed by atoms with Gasteiger partial charge in [0.05, 0.1) is 10.6 Å². The fourth-order valence-corrected chi connectivity index (χ4v) is 3.86. The van der Waals surface area contributed by atoms with Crippen molar-refractivity contribution in [1.82, 2.24) is 0 Å². The molecule has 0 aliphatic heterocycles. The van der Waals surface area contributed by atoms with E-state index in [2.05, 4.69) is 36.6 Å². The summed E-state index contributed by atoms with van der Waals surface area (Å²) < 4.78 is 53.8. The summed E-state index contributed by atoms with van der Waals surface area (Å²) in [5.74, 6) is -1.92. The van der Waals surface area contributed by atoms with Crippen molar-refractivity contribution in [2.75, 3.05) is 4.72 Å². The minimum absolute atomic E-state index is 0.262. The minimum Gasteiger partial charge on any atom is -0.278 e. The summed E-state index contributed by atoms with van der Waals surface area (Å²) in [4.78, 5) is -0.482. The Kier molecular flexibility index (Phi) is 4.46. The number of halogens is 4. The maximum absolute atomic E-state index is 13.1. The first-order valence-electron chi connectivity index (χ1n) is 5.22. The normalized spacial score (nSPS) is 11.4. The van der Waals surface area contributed by atoms with Crippen molar-refractivity contribution < 1.29 is 17.2 Å². The molecule has 0 amide bonds. The van der Waals surface area contributed by atoms with Gasteiger partial charge in [-0.05, 0) is 46.3 Å². The van der Waals surface area contributed by atoms with Gasteiger partial charge in [0.25, 0.3) is 10.0 Å². The SMILES string of the molecule is O=S(=O)(Nc1ccc(Br)cc1Br)c1cc(F)cc(F)c1. The molecule has 3 nitrogen and oxygen atoms in total. The Labute approximate surface area is 131 Å². The van der Waals surface area contributed by atoms with Gasteiger partial charge in [0.15, 0.2) is 0 Å². The van der Waals surface area contributed by atoms with Gasteiger partial charge in [-0.2, -0.15) is 0 Å². The summed E-state index contributed by atoms with van der Waals surface area (Å²) in [7, 11) is -4.07. The van der Waals surface area contributed by atoms with Crippen LogP contribution in [0.15, 0.2) is 50.2 Å². The first-order chi connectivity index (χ1) is 9.28. The van der Waals surface area contributed by atoms with E-state index in [1.165, 1.54) is 6.07 Å². The van der Waals surface area contributed by atoms with Crippen molar-refractivity contribution in [3.05, 3.63) is 57.0 Å². The Balaban J connectivity index is 2.40. The number of anilines is 1. The number of sulfonamides is 1. The number of hydrogen-bond donors (Lipinski definition) is 1. The number of benzene rings is 2. The summed E-state index contributed by atoms with van der Waals surface area (Å²) >= 11 is 6.43. The topological polar surface area (TPSA) is 46.2 Å². The second-order valence-corrected chi connectivity index (χ2v) is 7.29. The molecule has 0 saturated heterocycles. The van der Waals surface area contributed by atoms with Crippen molar-refractivity contribution in [2.24, 2.45) is 0 Å². The zero-order chi connectivity index (χ0) is 14.9. The molecule has 0 bridgehead atoms. The summed E-state index contributed by atoms with van der Waals surface area (Å²) in [6.07, 6.45) is 0. The number of rotatable bonds is 3. The van der Waals surface area contributed by atoms with E-state index in [-0.39, 0.29) is 5.69 Å². The average Bonchev–Trinajstić information content (AvgIpc) is 2.31. The van der Waals surface area contributed by atoms with Gasteiger partial charge in [-0.3, -0.25) is 4.72 Å². The zero-order valence-electron chi connectivity index (χ0n) is 9.70. The second-order valence-electron chi connectivity index (χ2n) is 3.83. The molecule has 2 aromatic carbocycles. The van der Waals surface area contributed by atoms with Gasteiger partial charge in [-0.1, -0.05) is 15.9 Å². The lowest BCUT2D eigenvalue weighted by molar-refractivity contribution is 0.568. The molecule has 8 heteroatoms. The van der Waals surface area contributed by atoms with E-state index in [1.807, 2.05) is 0 Å². The molecule has 0 radical (unpaired) electrons. The van der Waals surface area contributed by atoms with Crippen molar-refractivity contribution >= 4 is 47.6 Å². The van der Waals surface area contributed by atoms with Crippen LogP contribution >= 0.6 is 31.9 Å². The first kappa shape index (κ1) is 15.4. The first-order valence-corrected chi connectivity index (χ1v) is 8.29. The van der Waals surface area contributed by atoms with E-state index in [4.69, 9.17) is 0 Å². The molecule has 0 unspecified atom stereocenters. The van der Waals surface area contributed by atoms with Gasteiger partial charge >= 0.3 is 0 Å². The molecule has 0 saturated carbocycles. The predicted octanol–water partition coefficient (Wildman–Crippen LogP) is 4.29. The largest absolute Gasteiger partial charge is 0.278 e. The molecule has 1 N–H and O–H groups in total. The van der Waals surface area contributed by atoms with Gasteiger partial charge in [-0.25, -0.2) is 17.2 Å². The molecule has 0 spiro atoms. The lowest BCUT2D eigenvalue weighted by Crippen LogP contribution is -2.14. The summed E-state index contributed by atoms with van der Waals surface area (Å²) in [6, 6.07) is 6.89. The fourth-order valence-electron chi connectivity index (χ4n) is 1.46. The average molecular weight is 427 g/mol. The second kappa shape index (κ2) is 5.79. The van der Waals surface area contributed by atoms with Crippen LogP contribution in [-0.2, 0) is 10.0 Å². The third kappa shape index (κ3) is 3.56. The molecular weight excluding hydrogens is 420 g/mol. The molecule has 0 aliphatic rings. The summed E-state index contributed by atoms with van der Waals surface area (Å²) in [5.41, 5.74) is 0.262. The summed E-state index contributed by atoms with van der Waals surface area (Å²) in [6.45, 7) is 0. The highest BCUT2D eigenvalue weighted by Gasteiger charge is 2.17. The predicted molar refractivity (Wildman–Crippen MR) is 79.0 cm³/mol. The van der Waals surface area contributed by atoms with Crippen LogP contribution in [0.5, 0.6) is 0 Å². The molecule has 106 valence electrons. The van der Waals surface area contributed by atoms with E-state index in [0.717, 1.165) is 16.6 Å². The van der Waals surface area contributed by atoms with E-state index in [1.54, 1.807) is 12.1 Å².